The standard InChI is InChI=1S/C28H33N3O3/c1-16-5-7-19(8-6-16)27-11-17-9-18(12-27)14-28(13-17,15-27)26(34)31-23-4-2-3-22-20(23)10-21(24(29)32)25(33)30-22/h5-8,10,17-18,23H,2-4,9,11-15H2,1H3,(H2,29,32)(H,30,33)(H,31,34). The molecular weight excluding hydrogens is 426 g/mol. The first kappa shape index (κ1) is 21.6. The van der Waals surface area contributed by atoms with E-state index in [0.29, 0.717) is 11.8 Å². The number of hydrogen-bond donors (Lipinski definition) is 3. The van der Waals surface area contributed by atoms with Crippen LogP contribution in [0.2, 0.25) is 0 Å². The number of amides is 2. The summed E-state index contributed by atoms with van der Waals surface area (Å²) in [5.74, 6) is 0.623. The monoisotopic (exact) mass is 459 g/mol. The average molecular weight is 460 g/mol. The first-order valence-corrected chi connectivity index (χ1v) is 12.7. The Morgan fingerprint density at radius 3 is 2.47 bits per heavy atom. The van der Waals surface area contributed by atoms with E-state index in [1.807, 2.05) is 0 Å². The van der Waals surface area contributed by atoms with Crippen molar-refractivity contribution in [2.24, 2.45) is 23.0 Å². The van der Waals surface area contributed by atoms with E-state index in [4.69, 9.17) is 5.73 Å². The van der Waals surface area contributed by atoms with Gasteiger partial charge in [-0.2, -0.15) is 0 Å². The largest absolute Gasteiger partial charge is 0.365 e. The summed E-state index contributed by atoms with van der Waals surface area (Å²) < 4.78 is 0. The van der Waals surface area contributed by atoms with Gasteiger partial charge in [-0.25, -0.2) is 0 Å². The van der Waals surface area contributed by atoms with E-state index in [1.54, 1.807) is 6.07 Å². The fourth-order valence-electron chi connectivity index (χ4n) is 8.16. The third-order valence-corrected chi connectivity index (χ3v) is 9.23. The van der Waals surface area contributed by atoms with Crippen LogP contribution in [-0.2, 0) is 16.6 Å². The van der Waals surface area contributed by atoms with E-state index in [2.05, 4.69) is 41.5 Å². The molecule has 4 N–H and O–H groups in total. The lowest BCUT2D eigenvalue weighted by atomic mass is 9.42. The van der Waals surface area contributed by atoms with Crippen LogP contribution in [0, 0.1) is 24.2 Å². The van der Waals surface area contributed by atoms with Gasteiger partial charge in [0.2, 0.25) is 5.91 Å². The predicted octanol–water partition coefficient (Wildman–Crippen LogP) is 3.81. The van der Waals surface area contributed by atoms with Crippen molar-refractivity contribution in [3.63, 3.8) is 0 Å². The summed E-state index contributed by atoms with van der Waals surface area (Å²) in [4.78, 5) is 40.9. The third kappa shape index (κ3) is 3.33. The molecule has 4 fully saturated rings. The number of aromatic amines is 1. The van der Waals surface area contributed by atoms with Gasteiger partial charge in [-0.1, -0.05) is 29.8 Å². The summed E-state index contributed by atoms with van der Waals surface area (Å²) >= 11 is 0. The molecule has 1 heterocycles. The van der Waals surface area contributed by atoms with Crippen molar-refractivity contribution in [1.82, 2.24) is 10.3 Å². The van der Waals surface area contributed by atoms with Gasteiger partial charge in [0.05, 0.1) is 11.5 Å². The predicted molar refractivity (Wildman–Crippen MR) is 129 cm³/mol. The minimum atomic E-state index is -0.735. The van der Waals surface area contributed by atoms with E-state index in [-0.39, 0.29) is 28.3 Å². The lowest BCUT2D eigenvalue weighted by molar-refractivity contribution is -0.150. The Bertz CT molecular complexity index is 1210. The number of nitrogens with two attached hydrogens (primary N) is 1. The molecule has 5 aliphatic rings. The fraction of sp³-hybridized carbons (Fsp3) is 0.536. The number of aromatic nitrogens is 1. The molecule has 6 nitrogen and oxygen atoms in total. The molecule has 178 valence electrons. The average Bonchev–Trinajstić information content (AvgIpc) is 2.78. The number of pyridine rings is 1. The molecule has 6 heteroatoms. The van der Waals surface area contributed by atoms with Gasteiger partial charge in [0.25, 0.3) is 11.5 Å². The Hall–Kier alpha value is -2.89. The minimum absolute atomic E-state index is 0.0342. The van der Waals surface area contributed by atoms with E-state index in [0.717, 1.165) is 49.8 Å². The quantitative estimate of drug-likeness (QED) is 0.647. The summed E-state index contributed by atoms with van der Waals surface area (Å²) in [6.45, 7) is 2.12. The minimum Gasteiger partial charge on any atom is -0.365 e. The second-order valence-electron chi connectivity index (χ2n) is 11.6. The maximum atomic E-state index is 14.0. The maximum Gasteiger partial charge on any atom is 0.261 e. The van der Waals surface area contributed by atoms with Crippen LogP contribution >= 0.6 is 0 Å². The van der Waals surface area contributed by atoms with Crippen LogP contribution < -0.4 is 16.6 Å². The molecule has 0 saturated heterocycles. The van der Waals surface area contributed by atoms with Gasteiger partial charge in [-0.3, -0.25) is 14.4 Å². The normalized spacial score (nSPS) is 33.4. The number of carbonyl (C=O) groups is 2. The number of nitrogens with one attached hydrogen (secondary N) is 2. The number of rotatable bonds is 4. The molecule has 34 heavy (non-hydrogen) atoms. The zero-order valence-electron chi connectivity index (χ0n) is 19.8. The summed E-state index contributed by atoms with van der Waals surface area (Å²) in [6, 6.07) is 10.4. The number of H-pyrrole nitrogens is 1. The highest BCUT2D eigenvalue weighted by molar-refractivity contribution is 5.92. The van der Waals surface area contributed by atoms with Crippen LogP contribution in [-0.4, -0.2) is 16.8 Å². The van der Waals surface area contributed by atoms with E-state index in [9.17, 15) is 14.4 Å². The van der Waals surface area contributed by atoms with Crippen molar-refractivity contribution in [1.29, 1.82) is 0 Å². The van der Waals surface area contributed by atoms with Crippen molar-refractivity contribution in [2.45, 2.75) is 76.2 Å². The van der Waals surface area contributed by atoms with Crippen molar-refractivity contribution in [2.75, 3.05) is 0 Å². The second-order valence-corrected chi connectivity index (χ2v) is 11.6. The molecular formula is C28H33N3O3. The summed E-state index contributed by atoms with van der Waals surface area (Å²) in [7, 11) is 0. The highest BCUT2D eigenvalue weighted by atomic mass is 16.2. The SMILES string of the molecule is Cc1ccc(C23CC4CC(CC(C(=O)NC5CCCc6[nH]c(=O)c(C(N)=O)cc65)(C4)C2)C3)cc1. The summed E-state index contributed by atoms with van der Waals surface area (Å²) in [5.41, 5.74) is 9.04. The van der Waals surface area contributed by atoms with E-state index in [1.165, 1.54) is 30.4 Å². The van der Waals surface area contributed by atoms with Crippen molar-refractivity contribution in [3.8, 4) is 0 Å². The fourth-order valence-corrected chi connectivity index (χ4v) is 8.16. The topological polar surface area (TPSA) is 105 Å². The Balaban J connectivity index is 1.31. The van der Waals surface area contributed by atoms with Crippen LogP contribution in [0.3, 0.4) is 0 Å². The molecule has 0 aliphatic heterocycles. The van der Waals surface area contributed by atoms with Gasteiger partial charge in [-0.15, -0.1) is 0 Å². The van der Waals surface area contributed by atoms with Gasteiger partial charge in [0.1, 0.15) is 5.56 Å². The van der Waals surface area contributed by atoms with Crippen molar-refractivity contribution < 1.29 is 9.59 Å². The molecule has 4 bridgehead atoms. The van der Waals surface area contributed by atoms with Gasteiger partial charge in [0, 0.05) is 5.69 Å². The Kier molecular flexibility index (Phi) is 4.81. The number of fused-ring (bicyclic) bond motifs is 1. The van der Waals surface area contributed by atoms with Crippen molar-refractivity contribution >= 4 is 11.8 Å². The molecule has 0 spiro atoms. The molecule has 2 amide bonds. The van der Waals surface area contributed by atoms with E-state index >= 15 is 0 Å². The van der Waals surface area contributed by atoms with E-state index < -0.39 is 11.5 Å². The number of primary amides is 1. The van der Waals surface area contributed by atoms with Crippen LogP contribution in [0.1, 0.15) is 90.2 Å². The molecule has 5 aliphatic carbocycles. The van der Waals surface area contributed by atoms with Crippen LogP contribution in [0.15, 0.2) is 35.1 Å². The zero-order valence-corrected chi connectivity index (χ0v) is 19.8. The number of hydrogen-bond acceptors (Lipinski definition) is 3. The molecule has 1 aromatic heterocycles. The first-order chi connectivity index (χ1) is 16.3. The maximum absolute atomic E-state index is 14.0. The molecule has 7 rings (SSSR count). The van der Waals surface area contributed by atoms with Gasteiger partial charge < -0.3 is 16.0 Å². The van der Waals surface area contributed by atoms with Gasteiger partial charge >= 0.3 is 0 Å². The Labute approximate surface area is 199 Å². The molecule has 1 aromatic carbocycles. The number of aryl methyl sites for hydroxylation is 2. The third-order valence-electron chi connectivity index (χ3n) is 9.23. The molecule has 3 unspecified atom stereocenters. The molecule has 3 atom stereocenters. The summed E-state index contributed by atoms with van der Waals surface area (Å²) in [5, 5.41) is 3.38. The zero-order chi connectivity index (χ0) is 23.7. The van der Waals surface area contributed by atoms with Gasteiger partial charge in [-0.05, 0) is 99.2 Å². The smallest absolute Gasteiger partial charge is 0.261 e. The van der Waals surface area contributed by atoms with Crippen LogP contribution in [0.25, 0.3) is 0 Å². The van der Waals surface area contributed by atoms with Gasteiger partial charge in [0.15, 0.2) is 0 Å². The van der Waals surface area contributed by atoms with Crippen LogP contribution in [0.5, 0.6) is 0 Å². The second kappa shape index (κ2) is 7.56. The number of benzene rings is 1. The Morgan fingerprint density at radius 2 is 1.79 bits per heavy atom. The Morgan fingerprint density at radius 1 is 1.09 bits per heavy atom. The molecule has 0 radical (unpaired) electrons. The lowest BCUT2D eigenvalue weighted by Crippen LogP contribution is -2.59. The highest BCUT2D eigenvalue weighted by Crippen LogP contribution is 2.66. The first-order valence-electron chi connectivity index (χ1n) is 12.7. The lowest BCUT2D eigenvalue weighted by Gasteiger charge is -2.61. The molecule has 2 aromatic rings. The number of carbonyl (C=O) groups excluding carboxylic acids is 2. The highest BCUT2D eigenvalue weighted by Gasteiger charge is 2.61. The van der Waals surface area contributed by atoms with Crippen LogP contribution in [0.4, 0.5) is 0 Å². The molecule has 4 saturated carbocycles. The summed E-state index contributed by atoms with van der Waals surface area (Å²) in [6.07, 6.45) is 8.92. The van der Waals surface area contributed by atoms with Crippen molar-refractivity contribution in [3.05, 3.63) is 68.6 Å².